The number of amides is 1. The second-order valence-corrected chi connectivity index (χ2v) is 5.26. The van der Waals surface area contributed by atoms with Crippen molar-refractivity contribution < 1.29 is 9.59 Å². The number of thiocarbonyl (C=S) groups is 1. The van der Waals surface area contributed by atoms with Gasteiger partial charge in [0.05, 0.1) is 0 Å². The van der Waals surface area contributed by atoms with Gasteiger partial charge in [-0.25, -0.2) is 0 Å². The number of nitrogens with one attached hydrogen (secondary N) is 2. The predicted molar refractivity (Wildman–Crippen MR) is 91.3 cm³/mol. The largest absolute Gasteiger partial charge is 0.332 e. The Hall–Kier alpha value is -2.53. The predicted octanol–water partition coefficient (Wildman–Crippen LogP) is 3.32. The number of rotatable bonds is 3. The molecule has 0 radical (unpaired) electrons. The van der Waals surface area contributed by atoms with E-state index < -0.39 is 0 Å². The molecular weight excluding hydrogens is 296 g/mol. The number of carbonyl (C=O) groups excluding carboxylic acids is 2. The zero-order valence-corrected chi connectivity index (χ0v) is 13.2. The summed E-state index contributed by atoms with van der Waals surface area (Å²) < 4.78 is 0. The average molecular weight is 312 g/mol. The quantitative estimate of drug-likeness (QED) is 0.674. The van der Waals surface area contributed by atoms with Gasteiger partial charge in [-0.1, -0.05) is 18.2 Å². The number of Topliss-reactive ketones (excluding diaryl/α,β-unsaturated/α-hetero) is 1. The first-order valence-corrected chi connectivity index (χ1v) is 7.17. The SMILES string of the molecule is CC(=O)c1ccc(NC(=S)NC(=O)c2ccccc2C)cc1. The Morgan fingerprint density at radius 2 is 1.64 bits per heavy atom. The number of benzene rings is 2. The normalized spacial score (nSPS) is 9.91. The summed E-state index contributed by atoms with van der Waals surface area (Å²) in [5, 5.41) is 5.77. The third-order valence-corrected chi connectivity index (χ3v) is 3.37. The molecular formula is C17H16N2O2S. The van der Waals surface area contributed by atoms with Crippen LogP contribution in [0.15, 0.2) is 48.5 Å². The molecule has 0 bridgehead atoms. The maximum Gasteiger partial charge on any atom is 0.257 e. The summed E-state index contributed by atoms with van der Waals surface area (Å²) in [6, 6.07) is 14.2. The van der Waals surface area contributed by atoms with Crippen molar-refractivity contribution in [2.75, 3.05) is 5.32 Å². The van der Waals surface area contributed by atoms with Gasteiger partial charge in [-0.3, -0.25) is 14.9 Å². The van der Waals surface area contributed by atoms with E-state index in [9.17, 15) is 9.59 Å². The highest BCUT2D eigenvalue weighted by atomic mass is 32.1. The van der Waals surface area contributed by atoms with Crippen molar-refractivity contribution in [3.8, 4) is 0 Å². The first-order valence-electron chi connectivity index (χ1n) is 6.76. The van der Waals surface area contributed by atoms with Gasteiger partial charge in [-0.05, 0) is 62.0 Å². The topological polar surface area (TPSA) is 58.2 Å². The van der Waals surface area contributed by atoms with E-state index in [-0.39, 0.29) is 16.8 Å². The molecule has 0 aliphatic carbocycles. The molecule has 22 heavy (non-hydrogen) atoms. The summed E-state index contributed by atoms with van der Waals surface area (Å²) in [5.74, 6) is -0.252. The van der Waals surface area contributed by atoms with Gasteiger partial charge < -0.3 is 5.32 Å². The zero-order chi connectivity index (χ0) is 16.1. The van der Waals surface area contributed by atoms with Crippen LogP contribution in [0.2, 0.25) is 0 Å². The van der Waals surface area contributed by atoms with Gasteiger partial charge >= 0.3 is 0 Å². The fraction of sp³-hybridized carbons (Fsp3) is 0.118. The minimum absolute atomic E-state index is 0.00184. The van der Waals surface area contributed by atoms with Gasteiger partial charge in [0, 0.05) is 16.8 Å². The van der Waals surface area contributed by atoms with Gasteiger partial charge in [0.25, 0.3) is 5.91 Å². The standard InChI is InChI=1S/C17H16N2O2S/c1-11-5-3-4-6-15(11)16(21)19-17(22)18-14-9-7-13(8-10-14)12(2)20/h3-10H,1-2H3,(H2,18,19,21,22). The van der Waals surface area contributed by atoms with Gasteiger partial charge in [-0.2, -0.15) is 0 Å². The van der Waals surface area contributed by atoms with Gasteiger partial charge in [0.1, 0.15) is 0 Å². The van der Waals surface area contributed by atoms with Crippen LogP contribution in [0.1, 0.15) is 33.2 Å². The summed E-state index contributed by atoms with van der Waals surface area (Å²) in [6.07, 6.45) is 0. The number of carbonyl (C=O) groups is 2. The molecule has 0 aliphatic heterocycles. The van der Waals surface area contributed by atoms with Crippen molar-refractivity contribution in [3.05, 3.63) is 65.2 Å². The molecule has 0 aromatic heterocycles. The maximum atomic E-state index is 12.1. The van der Waals surface area contributed by atoms with Crippen LogP contribution < -0.4 is 10.6 Å². The molecule has 0 unspecified atom stereocenters. The zero-order valence-electron chi connectivity index (χ0n) is 12.3. The lowest BCUT2D eigenvalue weighted by Gasteiger charge is -2.11. The number of anilines is 1. The monoisotopic (exact) mass is 312 g/mol. The third-order valence-electron chi connectivity index (χ3n) is 3.17. The lowest BCUT2D eigenvalue weighted by Crippen LogP contribution is -2.34. The number of hydrogen-bond donors (Lipinski definition) is 2. The Labute approximate surface area is 134 Å². The maximum absolute atomic E-state index is 12.1. The van der Waals surface area contributed by atoms with Crippen LogP contribution in [0.25, 0.3) is 0 Å². The van der Waals surface area contributed by atoms with Crippen LogP contribution >= 0.6 is 12.2 Å². The van der Waals surface area contributed by atoms with E-state index in [0.29, 0.717) is 16.8 Å². The molecule has 2 aromatic carbocycles. The van der Waals surface area contributed by atoms with Crippen LogP contribution in [0.3, 0.4) is 0 Å². The molecule has 2 N–H and O–H groups in total. The van der Waals surface area contributed by atoms with E-state index in [4.69, 9.17) is 12.2 Å². The first kappa shape index (κ1) is 15.9. The molecule has 0 heterocycles. The number of hydrogen-bond acceptors (Lipinski definition) is 3. The molecule has 4 nitrogen and oxygen atoms in total. The second-order valence-electron chi connectivity index (χ2n) is 4.86. The molecule has 2 rings (SSSR count). The Morgan fingerprint density at radius 1 is 1.00 bits per heavy atom. The van der Waals surface area contributed by atoms with Crippen LogP contribution in [0.4, 0.5) is 5.69 Å². The number of ketones is 1. The average Bonchev–Trinajstić information content (AvgIpc) is 2.48. The first-order chi connectivity index (χ1) is 10.5. The summed E-state index contributed by atoms with van der Waals surface area (Å²) in [4.78, 5) is 23.3. The van der Waals surface area contributed by atoms with E-state index in [0.717, 1.165) is 5.56 Å². The van der Waals surface area contributed by atoms with Crippen molar-refractivity contribution in [2.24, 2.45) is 0 Å². The van der Waals surface area contributed by atoms with Crippen LogP contribution in [-0.2, 0) is 0 Å². The lowest BCUT2D eigenvalue weighted by molar-refractivity contribution is 0.0975. The molecule has 0 aliphatic rings. The summed E-state index contributed by atoms with van der Waals surface area (Å²) in [5.41, 5.74) is 2.80. The molecule has 1 amide bonds. The molecule has 5 heteroatoms. The van der Waals surface area contributed by atoms with Gasteiger partial charge in [0.15, 0.2) is 10.9 Å². The Kier molecular flexibility index (Phi) is 5.01. The van der Waals surface area contributed by atoms with Gasteiger partial charge in [-0.15, -0.1) is 0 Å². The van der Waals surface area contributed by atoms with Crippen molar-refractivity contribution in [1.82, 2.24) is 5.32 Å². The summed E-state index contributed by atoms with van der Waals surface area (Å²) in [7, 11) is 0. The van der Waals surface area contributed by atoms with E-state index in [1.165, 1.54) is 6.92 Å². The Balaban J connectivity index is 1.99. The smallest absolute Gasteiger partial charge is 0.257 e. The van der Waals surface area contributed by atoms with E-state index in [1.54, 1.807) is 36.4 Å². The molecule has 0 saturated heterocycles. The van der Waals surface area contributed by atoms with Crippen molar-refractivity contribution in [1.29, 1.82) is 0 Å². The second kappa shape index (κ2) is 6.95. The molecule has 0 fully saturated rings. The molecule has 0 saturated carbocycles. The van der Waals surface area contributed by atoms with Crippen LogP contribution in [0, 0.1) is 6.92 Å². The van der Waals surface area contributed by atoms with Crippen molar-refractivity contribution >= 4 is 34.7 Å². The van der Waals surface area contributed by atoms with Crippen molar-refractivity contribution in [2.45, 2.75) is 13.8 Å². The lowest BCUT2D eigenvalue weighted by atomic mass is 10.1. The summed E-state index contributed by atoms with van der Waals surface area (Å²) >= 11 is 5.13. The third kappa shape index (κ3) is 3.99. The minimum Gasteiger partial charge on any atom is -0.332 e. The van der Waals surface area contributed by atoms with E-state index in [2.05, 4.69) is 10.6 Å². The highest BCUT2D eigenvalue weighted by Gasteiger charge is 2.10. The molecule has 0 spiro atoms. The Morgan fingerprint density at radius 3 is 2.23 bits per heavy atom. The molecule has 112 valence electrons. The van der Waals surface area contributed by atoms with Crippen LogP contribution in [0.5, 0.6) is 0 Å². The van der Waals surface area contributed by atoms with Crippen LogP contribution in [-0.4, -0.2) is 16.8 Å². The fourth-order valence-corrected chi connectivity index (χ4v) is 2.16. The molecule has 0 atom stereocenters. The fourth-order valence-electron chi connectivity index (χ4n) is 1.95. The number of aryl methyl sites for hydroxylation is 1. The van der Waals surface area contributed by atoms with E-state index in [1.807, 2.05) is 19.1 Å². The Bertz CT molecular complexity index is 724. The summed E-state index contributed by atoms with van der Waals surface area (Å²) in [6.45, 7) is 3.38. The highest BCUT2D eigenvalue weighted by molar-refractivity contribution is 7.80. The molecule has 2 aromatic rings. The van der Waals surface area contributed by atoms with Crippen molar-refractivity contribution in [3.63, 3.8) is 0 Å². The minimum atomic E-state index is -0.254. The van der Waals surface area contributed by atoms with Gasteiger partial charge in [0.2, 0.25) is 0 Å². The van der Waals surface area contributed by atoms with E-state index >= 15 is 0 Å². The highest BCUT2D eigenvalue weighted by Crippen LogP contribution is 2.10.